The Hall–Kier alpha value is -1.62. The molecule has 2 atom stereocenters. The van der Waals surface area contributed by atoms with E-state index in [9.17, 15) is 9.59 Å². The molecule has 0 spiro atoms. The highest BCUT2D eigenvalue weighted by atomic mass is 16.6. The Morgan fingerprint density at radius 3 is 2.41 bits per heavy atom. The van der Waals surface area contributed by atoms with Crippen molar-refractivity contribution in [2.75, 3.05) is 0 Å². The largest absolute Gasteiger partial charge is 0.481 e. The summed E-state index contributed by atoms with van der Waals surface area (Å²) < 4.78 is 5.15. The van der Waals surface area contributed by atoms with E-state index < -0.39 is 29.0 Å². The van der Waals surface area contributed by atoms with Crippen molar-refractivity contribution in [1.82, 2.24) is 0 Å². The van der Waals surface area contributed by atoms with E-state index in [0.717, 1.165) is 0 Å². The fourth-order valence-electron chi connectivity index (χ4n) is 1.50. The Bertz CT molecular complexity index is 392. The monoisotopic (exact) mass is 239 g/mol. The molecular weight excluding hydrogens is 222 g/mol. The normalized spacial score (nSPS) is 27.9. The van der Waals surface area contributed by atoms with Crippen molar-refractivity contribution in [3.63, 3.8) is 0 Å². The summed E-state index contributed by atoms with van der Waals surface area (Å²) in [5, 5.41) is 9.05. The van der Waals surface area contributed by atoms with Crippen molar-refractivity contribution in [3.05, 3.63) is 24.3 Å². The number of carbonyl (C=O) groups excluding carboxylic acids is 1. The van der Waals surface area contributed by atoms with Gasteiger partial charge in [0.15, 0.2) is 5.54 Å². The number of carbonyl (C=O) groups is 2. The molecule has 0 saturated heterocycles. The van der Waals surface area contributed by atoms with Gasteiger partial charge in [0, 0.05) is 0 Å². The Balaban J connectivity index is 2.99. The second-order valence-corrected chi connectivity index (χ2v) is 4.99. The maximum absolute atomic E-state index is 12.0. The molecule has 0 fully saturated rings. The van der Waals surface area contributed by atoms with Crippen LogP contribution in [0.3, 0.4) is 0 Å². The van der Waals surface area contributed by atoms with Crippen molar-refractivity contribution >= 4 is 11.9 Å². The van der Waals surface area contributed by atoms with Crippen LogP contribution in [-0.2, 0) is 14.3 Å². The van der Waals surface area contributed by atoms with E-state index in [0.29, 0.717) is 0 Å². The molecule has 2 unspecified atom stereocenters. The van der Waals surface area contributed by atoms with Crippen LogP contribution in [0.4, 0.5) is 0 Å². The first-order valence-corrected chi connectivity index (χ1v) is 5.28. The standard InChI is InChI=1S/C12H17NO4/c1-11(2,3)17-10(16)12(13)7-5-4-6-8(12)9(14)15/h4-8H,13H2,1-3H3,(H,14,15). The van der Waals surface area contributed by atoms with E-state index in [4.69, 9.17) is 15.6 Å². The summed E-state index contributed by atoms with van der Waals surface area (Å²) in [6.45, 7) is 5.10. The smallest absolute Gasteiger partial charge is 0.331 e. The summed E-state index contributed by atoms with van der Waals surface area (Å²) >= 11 is 0. The number of carboxylic acids is 1. The molecule has 0 aromatic carbocycles. The van der Waals surface area contributed by atoms with Gasteiger partial charge in [0.1, 0.15) is 11.5 Å². The molecule has 5 nitrogen and oxygen atoms in total. The Kier molecular flexibility index (Phi) is 3.43. The zero-order valence-corrected chi connectivity index (χ0v) is 10.1. The van der Waals surface area contributed by atoms with Crippen LogP contribution in [0.2, 0.25) is 0 Å². The summed E-state index contributed by atoms with van der Waals surface area (Å²) in [4.78, 5) is 23.0. The molecular formula is C12H17NO4. The number of rotatable bonds is 2. The van der Waals surface area contributed by atoms with Crippen LogP contribution in [0.15, 0.2) is 24.3 Å². The molecule has 0 radical (unpaired) electrons. The molecule has 0 aliphatic heterocycles. The lowest BCUT2D eigenvalue weighted by Gasteiger charge is -2.33. The first-order chi connectivity index (χ1) is 7.67. The highest BCUT2D eigenvalue weighted by Gasteiger charge is 2.46. The predicted molar refractivity (Wildman–Crippen MR) is 62.2 cm³/mol. The van der Waals surface area contributed by atoms with Gasteiger partial charge in [-0.25, -0.2) is 4.79 Å². The van der Waals surface area contributed by atoms with E-state index >= 15 is 0 Å². The molecule has 3 N–H and O–H groups in total. The Morgan fingerprint density at radius 1 is 1.35 bits per heavy atom. The molecule has 0 heterocycles. The second kappa shape index (κ2) is 4.33. The molecule has 0 bridgehead atoms. The molecule has 0 amide bonds. The van der Waals surface area contributed by atoms with Crippen molar-refractivity contribution in [2.24, 2.45) is 11.7 Å². The van der Waals surface area contributed by atoms with Crippen LogP contribution in [0.5, 0.6) is 0 Å². The number of nitrogens with two attached hydrogens (primary N) is 1. The van der Waals surface area contributed by atoms with Crippen LogP contribution in [0.1, 0.15) is 20.8 Å². The van der Waals surface area contributed by atoms with Crippen LogP contribution in [-0.4, -0.2) is 28.2 Å². The highest BCUT2D eigenvalue weighted by Crippen LogP contribution is 2.26. The van der Waals surface area contributed by atoms with Gasteiger partial charge in [-0.1, -0.05) is 24.3 Å². The quantitative estimate of drug-likeness (QED) is 0.697. The zero-order valence-electron chi connectivity index (χ0n) is 10.1. The van der Waals surface area contributed by atoms with Crippen LogP contribution >= 0.6 is 0 Å². The Labute approximate surface area is 99.9 Å². The van der Waals surface area contributed by atoms with Gasteiger partial charge >= 0.3 is 11.9 Å². The molecule has 1 aliphatic carbocycles. The third kappa shape index (κ3) is 2.94. The van der Waals surface area contributed by atoms with Crippen molar-refractivity contribution in [3.8, 4) is 0 Å². The van der Waals surface area contributed by atoms with Gasteiger partial charge in [-0.05, 0) is 20.8 Å². The minimum absolute atomic E-state index is 0.707. The number of hydrogen-bond acceptors (Lipinski definition) is 4. The van der Waals surface area contributed by atoms with Gasteiger partial charge in [-0.3, -0.25) is 4.79 Å². The number of esters is 1. The maximum atomic E-state index is 12.0. The third-order valence-corrected chi connectivity index (χ3v) is 2.32. The molecule has 1 rings (SSSR count). The van der Waals surface area contributed by atoms with Crippen LogP contribution in [0.25, 0.3) is 0 Å². The molecule has 1 aliphatic rings. The SMILES string of the molecule is CC(C)(C)OC(=O)C1(N)C=CC=CC1C(=O)O. The average Bonchev–Trinajstić information content (AvgIpc) is 2.15. The first-order valence-electron chi connectivity index (χ1n) is 5.28. The molecule has 5 heteroatoms. The van der Waals surface area contributed by atoms with Gasteiger partial charge in [-0.2, -0.15) is 0 Å². The van der Waals surface area contributed by atoms with Gasteiger partial charge in [-0.15, -0.1) is 0 Å². The minimum Gasteiger partial charge on any atom is -0.481 e. The summed E-state index contributed by atoms with van der Waals surface area (Å²) in [6, 6.07) is 0. The van der Waals surface area contributed by atoms with E-state index in [1.165, 1.54) is 12.2 Å². The van der Waals surface area contributed by atoms with Crippen molar-refractivity contribution < 1.29 is 19.4 Å². The van der Waals surface area contributed by atoms with E-state index in [1.807, 2.05) is 0 Å². The second-order valence-electron chi connectivity index (χ2n) is 4.99. The molecule has 94 valence electrons. The highest BCUT2D eigenvalue weighted by molar-refractivity contribution is 5.92. The number of aliphatic carboxylic acids is 1. The van der Waals surface area contributed by atoms with Gasteiger partial charge in [0.05, 0.1) is 0 Å². The number of allylic oxidation sites excluding steroid dienone is 2. The maximum Gasteiger partial charge on any atom is 0.331 e. The predicted octanol–water partition coefficient (Wildman–Crippen LogP) is 0.852. The van der Waals surface area contributed by atoms with Crippen molar-refractivity contribution in [1.29, 1.82) is 0 Å². The number of hydrogen-bond donors (Lipinski definition) is 2. The van der Waals surface area contributed by atoms with Gasteiger partial charge < -0.3 is 15.6 Å². The summed E-state index contributed by atoms with van der Waals surface area (Å²) in [6.07, 6.45) is 5.84. The lowest BCUT2D eigenvalue weighted by atomic mass is 9.81. The Morgan fingerprint density at radius 2 is 1.94 bits per heavy atom. The lowest BCUT2D eigenvalue weighted by Crippen LogP contribution is -2.57. The van der Waals surface area contributed by atoms with Crippen molar-refractivity contribution in [2.45, 2.75) is 31.9 Å². The topological polar surface area (TPSA) is 89.6 Å². The van der Waals surface area contributed by atoms with Gasteiger partial charge in [0.2, 0.25) is 0 Å². The molecule has 17 heavy (non-hydrogen) atoms. The van der Waals surface area contributed by atoms with E-state index in [-0.39, 0.29) is 0 Å². The summed E-state index contributed by atoms with van der Waals surface area (Å²) in [5.41, 5.74) is 3.51. The minimum atomic E-state index is -1.64. The van der Waals surface area contributed by atoms with E-state index in [2.05, 4.69) is 0 Å². The van der Waals surface area contributed by atoms with Gasteiger partial charge in [0.25, 0.3) is 0 Å². The molecule has 0 aromatic heterocycles. The summed E-state index contributed by atoms with van der Waals surface area (Å²) in [7, 11) is 0. The number of carboxylic acid groups (broad SMARTS) is 1. The van der Waals surface area contributed by atoms with E-state index in [1.54, 1.807) is 32.9 Å². The first kappa shape index (κ1) is 13.4. The molecule has 0 aromatic rings. The average molecular weight is 239 g/mol. The lowest BCUT2D eigenvalue weighted by molar-refractivity contribution is -0.164. The zero-order chi connectivity index (χ0) is 13.3. The van der Waals surface area contributed by atoms with Crippen LogP contribution in [0, 0.1) is 5.92 Å². The fraction of sp³-hybridized carbons (Fsp3) is 0.500. The van der Waals surface area contributed by atoms with Crippen LogP contribution < -0.4 is 5.73 Å². The third-order valence-electron chi connectivity index (χ3n) is 2.32. The molecule has 0 saturated carbocycles. The number of ether oxygens (including phenoxy) is 1. The summed E-state index contributed by atoms with van der Waals surface area (Å²) in [5.74, 6) is -3.00. The fourth-order valence-corrected chi connectivity index (χ4v) is 1.50.